The van der Waals surface area contributed by atoms with Gasteiger partial charge in [-0.25, -0.2) is 0 Å². The van der Waals surface area contributed by atoms with Gasteiger partial charge in [-0.2, -0.15) is 0 Å². The van der Waals surface area contributed by atoms with Crippen LogP contribution in [0.5, 0.6) is 0 Å². The number of hydrogen-bond donors (Lipinski definition) is 2. The van der Waals surface area contributed by atoms with Crippen LogP contribution in [0.3, 0.4) is 0 Å². The standard InChI is InChI=1S/C12H18BrN3OS/c1-8(11-5-9(13)7-18-11)16-4-3-15-6-10(16)12(17)14-2/h5,7-8,10,15H,3-4,6H2,1-2H3,(H,14,17). The van der Waals surface area contributed by atoms with Crippen LogP contribution in [0.1, 0.15) is 17.8 Å². The highest BCUT2D eigenvalue weighted by molar-refractivity contribution is 9.10. The molecule has 4 nitrogen and oxygen atoms in total. The first-order chi connectivity index (χ1) is 8.63. The molecule has 1 aliphatic heterocycles. The average Bonchev–Trinajstić information content (AvgIpc) is 2.83. The third-order valence-electron chi connectivity index (χ3n) is 3.33. The Labute approximate surface area is 120 Å². The van der Waals surface area contributed by atoms with Crippen LogP contribution < -0.4 is 10.6 Å². The van der Waals surface area contributed by atoms with E-state index < -0.39 is 0 Å². The van der Waals surface area contributed by atoms with Crippen molar-refractivity contribution >= 4 is 33.2 Å². The summed E-state index contributed by atoms with van der Waals surface area (Å²) in [4.78, 5) is 15.5. The van der Waals surface area contributed by atoms with E-state index in [0.717, 1.165) is 24.1 Å². The molecule has 100 valence electrons. The van der Waals surface area contributed by atoms with Crippen LogP contribution in [0.25, 0.3) is 0 Å². The molecule has 2 atom stereocenters. The Kier molecular flexibility index (Phi) is 4.77. The summed E-state index contributed by atoms with van der Waals surface area (Å²) >= 11 is 5.21. The first kappa shape index (κ1) is 14.0. The molecule has 1 amide bonds. The van der Waals surface area contributed by atoms with Crippen molar-refractivity contribution in [3.63, 3.8) is 0 Å². The largest absolute Gasteiger partial charge is 0.358 e. The summed E-state index contributed by atoms with van der Waals surface area (Å²) in [5, 5.41) is 8.12. The topological polar surface area (TPSA) is 44.4 Å². The van der Waals surface area contributed by atoms with E-state index in [-0.39, 0.29) is 18.0 Å². The normalized spacial score (nSPS) is 22.7. The number of carbonyl (C=O) groups is 1. The summed E-state index contributed by atoms with van der Waals surface area (Å²) in [5.41, 5.74) is 0. The molecular weight excluding hydrogens is 314 g/mol. The lowest BCUT2D eigenvalue weighted by Gasteiger charge is -2.38. The first-order valence-electron chi connectivity index (χ1n) is 6.05. The lowest BCUT2D eigenvalue weighted by molar-refractivity contribution is -0.127. The van der Waals surface area contributed by atoms with Gasteiger partial charge in [-0.15, -0.1) is 11.3 Å². The number of thiophene rings is 1. The summed E-state index contributed by atoms with van der Waals surface area (Å²) in [6.07, 6.45) is 0. The van der Waals surface area contributed by atoms with Crippen LogP contribution in [0.2, 0.25) is 0 Å². The van der Waals surface area contributed by atoms with E-state index in [4.69, 9.17) is 0 Å². The molecule has 1 aromatic rings. The second-order valence-electron chi connectivity index (χ2n) is 4.42. The van der Waals surface area contributed by atoms with E-state index in [1.807, 2.05) is 0 Å². The number of likely N-dealkylation sites (N-methyl/N-ethyl adjacent to an activating group) is 1. The molecule has 2 rings (SSSR count). The minimum absolute atomic E-state index is 0.0837. The Bertz CT molecular complexity index is 423. The number of piperazine rings is 1. The molecule has 0 aliphatic carbocycles. The summed E-state index contributed by atoms with van der Waals surface area (Å²) < 4.78 is 1.11. The molecule has 1 fully saturated rings. The molecule has 0 aromatic carbocycles. The lowest BCUT2D eigenvalue weighted by atomic mass is 10.1. The number of rotatable bonds is 3. The maximum atomic E-state index is 11.9. The molecule has 0 saturated carbocycles. The van der Waals surface area contributed by atoms with E-state index in [1.54, 1.807) is 18.4 Å². The minimum Gasteiger partial charge on any atom is -0.358 e. The van der Waals surface area contributed by atoms with E-state index in [0.29, 0.717) is 0 Å². The average molecular weight is 332 g/mol. The molecule has 18 heavy (non-hydrogen) atoms. The number of hydrogen-bond acceptors (Lipinski definition) is 4. The van der Waals surface area contributed by atoms with Gasteiger partial charge in [0.15, 0.2) is 0 Å². The lowest BCUT2D eigenvalue weighted by Crippen LogP contribution is -2.57. The van der Waals surface area contributed by atoms with Gasteiger partial charge < -0.3 is 10.6 Å². The van der Waals surface area contributed by atoms with Crippen molar-refractivity contribution in [2.45, 2.75) is 19.0 Å². The maximum absolute atomic E-state index is 11.9. The summed E-state index contributed by atoms with van der Waals surface area (Å²) in [6.45, 7) is 4.72. The van der Waals surface area contributed by atoms with Gasteiger partial charge in [0.1, 0.15) is 6.04 Å². The Hall–Kier alpha value is -0.430. The highest BCUT2D eigenvalue weighted by atomic mass is 79.9. The van der Waals surface area contributed by atoms with Crippen molar-refractivity contribution in [2.24, 2.45) is 0 Å². The summed E-state index contributed by atoms with van der Waals surface area (Å²) in [6, 6.07) is 2.32. The van der Waals surface area contributed by atoms with Gasteiger partial charge in [-0.3, -0.25) is 9.69 Å². The van der Waals surface area contributed by atoms with Gasteiger partial charge in [-0.05, 0) is 28.9 Å². The second-order valence-corrected chi connectivity index (χ2v) is 6.27. The molecule has 6 heteroatoms. The molecule has 1 saturated heterocycles. The highest BCUT2D eigenvalue weighted by Crippen LogP contribution is 2.30. The summed E-state index contributed by atoms with van der Waals surface area (Å²) in [7, 11) is 1.70. The molecule has 0 radical (unpaired) electrons. The van der Waals surface area contributed by atoms with E-state index in [9.17, 15) is 4.79 Å². The molecule has 1 aliphatic rings. The Morgan fingerprint density at radius 2 is 2.50 bits per heavy atom. The highest BCUT2D eigenvalue weighted by Gasteiger charge is 2.32. The van der Waals surface area contributed by atoms with Crippen LogP contribution in [0.4, 0.5) is 0 Å². The van der Waals surface area contributed by atoms with Crippen LogP contribution >= 0.6 is 27.3 Å². The Morgan fingerprint density at radius 1 is 1.72 bits per heavy atom. The van der Waals surface area contributed by atoms with Crippen molar-refractivity contribution in [1.29, 1.82) is 0 Å². The van der Waals surface area contributed by atoms with Gasteiger partial charge in [-0.1, -0.05) is 0 Å². The van der Waals surface area contributed by atoms with Crippen molar-refractivity contribution in [3.8, 4) is 0 Å². The van der Waals surface area contributed by atoms with Gasteiger partial charge in [0.2, 0.25) is 5.91 Å². The smallest absolute Gasteiger partial charge is 0.238 e. The van der Waals surface area contributed by atoms with Crippen molar-refractivity contribution in [1.82, 2.24) is 15.5 Å². The van der Waals surface area contributed by atoms with Crippen molar-refractivity contribution < 1.29 is 4.79 Å². The molecule has 2 N–H and O–H groups in total. The predicted molar refractivity (Wildman–Crippen MR) is 77.9 cm³/mol. The van der Waals surface area contributed by atoms with Crippen LogP contribution in [-0.2, 0) is 4.79 Å². The number of amides is 1. The van der Waals surface area contributed by atoms with Crippen LogP contribution in [0.15, 0.2) is 15.9 Å². The zero-order valence-electron chi connectivity index (χ0n) is 10.6. The van der Waals surface area contributed by atoms with Crippen LogP contribution in [0, 0.1) is 0 Å². The Morgan fingerprint density at radius 3 is 3.11 bits per heavy atom. The second kappa shape index (κ2) is 6.14. The molecule has 2 heterocycles. The minimum atomic E-state index is -0.0837. The molecule has 1 aromatic heterocycles. The third kappa shape index (κ3) is 2.93. The summed E-state index contributed by atoms with van der Waals surface area (Å²) in [5.74, 6) is 0.0877. The van der Waals surface area contributed by atoms with E-state index in [1.165, 1.54) is 4.88 Å². The molecular formula is C12H18BrN3OS. The fourth-order valence-corrected chi connectivity index (χ4v) is 3.83. The molecule has 2 unspecified atom stereocenters. The third-order valence-corrected chi connectivity index (χ3v) is 5.19. The SMILES string of the molecule is CNC(=O)C1CNCCN1C(C)c1cc(Br)cs1. The monoisotopic (exact) mass is 331 g/mol. The molecule has 0 spiro atoms. The van der Waals surface area contributed by atoms with Crippen LogP contribution in [-0.4, -0.2) is 43.5 Å². The zero-order valence-corrected chi connectivity index (χ0v) is 13.0. The van der Waals surface area contributed by atoms with Gasteiger partial charge in [0.25, 0.3) is 0 Å². The number of halogens is 1. The number of nitrogens with one attached hydrogen (secondary N) is 2. The van der Waals surface area contributed by atoms with Crippen molar-refractivity contribution in [3.05, 3.63) is 20.8 Å². The van der Waals surface area contributed by atoms with Gasteiger partial charge >= 0.3 is 0 Å². The fourth-order valence-electron chi connectivity index (χ4n) is 2.30. The van der Waals surface area contributed by atoms with Gasteiger partial charge in [0, 0.05) is 47.5 Å². The zero-order chi connectivity index (χ0) is 13.1. The fraction of sp³-hybridized carbons (Fsp3) is 0.583. The number of carbonyl (C=O) groups excluding carboxylic acids is 1. The molecule has 0 bridgehead atoms. The first-order valence-corrected chi connectivity index (χ1v) is 7.72. The van der Waals surface area contributed by atoms with E-state index in [2.05, 4.69) is 49.8 Å². The maximum Gasteiger partial charge on any atom is 0.238 e. The Balaban J connectivity index is 2.15. The van der Waals surface area contributed by atoms with Gasteiger partial charge in [0.05, 0.1) is 0 Å². The quantitative estimate of drug-likeness (QED) is 0.884. The predicted octanol–water partition coefficient (Wildman–Crippen LogP) is 1.59. The van der Waals surface area contributed by atoms with Crippen molar-refractivity contribution in [2.75, 3.05) is 26.7 Å². The van der Waals surface area contributed by atoms with E-state index >= 15 is 0 Å². The number of nitrogens with zero attached hydrogens (tertiary/aromatic N) is 1.